The monoisotopic (exact) mass is 448 g/mol. The minimum absolute atomic E-state index is 0.234. The number of hydrogen-bond acceptors (Lipinski definition) is 5. The molecule has 0 spiro atoms. The molecular weight excluding hydrogens is 427 g/mol. The number of methoxy groups -OCH3 is 1. The standard InChI is InChI=1S/C24H21FN4O2S/c1-29-22(17-8-14-20(31-2)15-9-17)27-28-24(29)32-21(16-6-4-3-5-7-16)23(30)26-19-12-10-18(25)11-13-19/h3-15,21H,1-2H3,(H,26,30)/t21-/m1/s1. The summed E-state index contributed by atoms with van der Waals surface area (Å²) in [5.74, 6) is 0.844. The van der Waals surface area contributed by atoms with Crippen molar-refractivity contribution in [3.8, 4) is 17.1 Å². The molecule has 1 heterocycles. The van der Waals surface area contributed by atoms with Gasteiger partial charge in [0.15, 0.2) is 11.0 Å². The van der Waals surface area contributed by atoms with Gasteiger partial charge in [-0.25, -0.2) is 4.39 Å². The molecule has 8 heteroatoms. The zero-order valence-corrected chi connectivity index (χ0v) is 18.3. The Kier molecular flexibility index (Phi) is 6.51. The number of amides is 1. The Bertz CT molecular complexity index is 1200. The van der Waals surface area contributed by atoms with Gasteiger partial charge >= 0.3 is 0 Å². The van der Waals surface area contributed by atoms with E-state index in [0.29, 0.717) is 16.7 Å². The number of halogens is 1. The normalized spacial score (nSPS) is 11.7. The maximum atomic E-state index is 13.2. The molecule has 1 N–H and O–H groups in total. The van der Waals surface area contributed by atoms with Crippen molar-refractivity contribution in [3.05, 3.63) is 90.2 Å². The van der Waals surface area contributed by atoms with Crippen molar-refractivity contribution >= 4 is 23.4 Å². The molecule has 0 fully saturated rings. The van der Waals surface area contributed by atoms with E-state index in [1.54, 1.807) is 7.11 Å². The molecule has 1 aromatic heterocycles. The molecule has 1 amide bonds. The number of thioether (sulfide) groups is 1. The minimum Gasteiger partial charge on any atom is -0.497 e. The van der Waals surface area contributed by atoms with E-state index in [1.807, 2.05) is 66.2 Å². The van der Waals surface area contributed by atoms with Crippen LogP contribution >= 0.6 is 11.8 Å². The second-order valence-corrected chi connectivity index (χ2v) is 8.07. The first-order chi connectivity index (χ1) is 15.5. The summed E-state index contributed by atoms with van der Waals surface area (Å²) in [7, 11) is 3.48. The molecule has 6 nitrogen and oxygen atoms in total. The first kappa shape index (κ1) is 21.6. The predicted octanol–water partition coefficient (Wildman–Crippen LogP) is 5.10. The third kappa shape index (κ3) is 4.81. The average molecular weight is 449 g/mol. The minimum atomic E-state index is -0.576. The molecule has 32 heavy (non-hydrogen) atoms. The van der Waals surface area contributed by atoms with Crippen molar-refractivity contribution in [2.24, 2.45) is 7.05 Å². The highest BCUT2D eigenvalue weighted by Gasteiger charge is 2.25. The first-order valence-corrected chi connectivity index (χ1v) is 10.7. The van der Waals surface area contributed by atoms with Crippen LogP contribution in [0.1, 0.15) is 10.8 Å². The zero-order chi connectivity index (χ0) is 22.5. The lowest BCUT2D eigenvalue weighted by Crippen LogP contribution is -2.19. The number of carbonyl (C=O) groups excluding carboxylic acids is 1. The van der Waals surface area contributed by atoms with Crippen molar-refractivity contribution in [3.63, 3.8) is 0 Å². The van der Waals surface area contributed by atoms with Gasteiger partial charge in [-0.2, -0.15) is 0 Å². The van der Waals surface area contributed by atoms with E-state index in [9.17, 15) is 9.18 Å². The molecule has 4 aromatic rings. The smallest absolute Gasteiger partial charge is 0.242 e. The maximum Gasteiger partial charge on any atom is 0.242 e. The van der Waals surface area contributed by atoms with Crippen LogP contribution in [-0.2, 0) is 11.8 Å². The van der Waals surface area contributed by atoms with Crippen molar-refractivity contribution in [2.45, 2.75) is 10.4 Å². The van der Waals surface area contributed by atoms with Crippen LogP contribution in [0.3, 0.4) is 0 Å². The molecule has 4 rings (SSSR count). The van der Waals surface area contributed by atoms with Gasteiger partial charge in [-0.05, 0) is 54.1 Å². The largest absolute Gasteiger partial charge is 0.497 e. The molecule has 0 bridgehead atoms. The second-order valence-electron chi connectivity index (χ2n) is 7.00. The Morgan fingerprint density at radius 2 is 1.69 bits per heavy atom. The highest BCUT2D eigenvalue weighted by atomic mass is 32.2. The molecule has 0 radical (unpaired) electrons. The summed E-state index contributed by atoms with van der Waals surface area (Å²) in [6.45, 7) is 0. The number of benzene rings is 3. The Morgan fingerprint density at radius 1 is 1.00 bits per heavy atom. The SMILES string of the molecule is COc1ccc(-c2nnc(S[C@@H](C(=O)Nc3ccc(F)cc3)c3ccccc3)n2C)cc1. The van der Waals surface area contributed by atoms with Gasteiger partial charge in [0.1, 0.15) is 16.8 Å². The van der Waals surface area contributed by atoms with Gasteiger partial charge in [0.05, 0.1) is 7.11 Å². The third-order valence-electron chi connectivity index (χ3n) is 4.86. The van der Waals surface area contributed by atoms with Gasteiger partial charge in [0.2, 0.25) is 5.91 Å². The van der Waals surface area contributed by atoms with Crippen LogP contribution in [0.4, 0.5) is 10.1 Å². The molecule has 3 aromatic carbocycles. The summed E-state index contributed by atoms with van der Waals surface area (Å²) in [4.78, 5) is 13.2. The number of anilines is 1. The summed E-state index contributed by atoms with van der Waals surface area (Å²) in [6, 6.07) is 22.7. The van der Waals surface area contributed by atoms with E-state index in [0.717, 1.165) is 16.9 Å². The van der Waals surface area contributed by atoms with Gasteiger partial charge in [0.25, 0.3) is 0 Å². The van der Waals surface area contributed by atoms with E-state index in [4.69, 9.17) is 4.74 Å². The molecular formula is C24H21FN4O2S. The molecule has 1 atom stereocenters. The number of aromatic nitrogens is 3. The predicted molar refractivity (Wildman–Crippen MR) is 123 cm³/mol. The number of ether oxygens (including phenoxy) is 1. The van der Waals surface area contributed by atoms with E-state index >= 15 is 0 Å². The Balaban J connectivity index is 1.60. The quantitative estimate of drug-likeness (QED) is 0.398. The fraction of sp³-hybridized carbons (Fsp3) is 0.125. The van der Waals surface area contributed by atoms with Gasteiger partial charge < -0.3 is 14.6 Å². The number of rotatable bonds is 7. The second kappa shape index (κ2) is 9.65. The van der Waals surface area contributed by atoms with Crippen LogP contribution in [0.25, 0.3) is 11.4 Å². The fourth-order valence-corrected chi connectivity index (χ4v) is 4.16. The van der Waals surface area contributed by atoms with Crippen molar-refractivity contribution in [1.82, 2.24) is 14.8 Å². The van der Waals surface area contributed by atoms with Crippen LogP contribution in [0.5, 0.6) is 5.75 Å². The summed E-state index contributed by atoms with van der Waals surface area (Å²) >= 11 is 1.30. The van der Waals surface area contributed by atoms with Gasteiger partial charge in [-0.15, -0.1) is 10.2 Å². The lowest BCUT2D eigenvalue weighted by Gasteiger charge is -2.16. The van der Waals surface area contributed by atoms with E-state index in [1.165, 1.54) is 36.0 Å². The summed E-state index contributed by atoms with van der Waals surface area (Å²) in [5, 5.41) is 11.5. The lowest BCUT2D eigenvalue weighted by atomic mass is 10.1. The van der Waals surface area contributed by atoms with Crippen LogP contribution in [0.2, 0.25) is 0 Å². The van der Waals surface area contributed by atoms with E-state index < -0.39 is 5.25 Å². The third-order valence-corrected chi connectivity index (χ3v) is 6.15. The van der Waals surface area contributed by atoms with Crippen molar-refractivity contribution < 1.29 is 13.9 Å². The number of nitrogens with one attached hydrogen (secondary N) is 1. The Hall–Kier alpha value is -3.65. The fourth-order valence-electron chi connectivity index (χ4n) is 3.16. The average Bonchev–Trinajstić information content (AvgIpc) is 3.19. The van der Waals surface area contributed by atoms with Crippen LogP contribution in [-0.4, -0.2) is 27.8 Å². The van der Waals surface area contributed by atoms with Crippen molar-refractivity contribution in [2.75, 3.05) is 12.4 Å². The molecule has 0 saturated carbocycles. The molecule has 0 unspecified atom stereocenters. The number of hydrogen-bond donors (Lipinski definition) is 1. The highest BCUT2D eigenvalue weighted by Crippen LogP contribution is 2.36. The van der Waals surface area contributed by atoms with Gasteiger partial charge in [0, 0.05) is 18.3 Å². The van der Waals surface area contributed by atoms with Gasteiger partial charge in [-0.1, -0.05) is 42.1 Å². The van der Waals surface area contributed by atoms with E-state index in [2.05, 4.69) is 15.5 Å². The number of carbonyl (C=O) groups is 1. The van der Waals surface area contributed by atoms with Crippen LogP contribution in [0, 0.1) is 5.82 Å². The van der Waals surface area contributed by atoms with Crippen LogP contribution < -0.4 is 10.1 Å². The number of nitrogens with zero attached hydrogens (tertiary/aromatic N) is 3. The summed E-state index contributed by atoms with van der Waals surface area (Å²) in [5.41, 5.74) is 2.24. The lowest BCUT2D eigenvalue weighted by molar-refractivity contribution is -0.115. The molecule has 0 aliphatic heterocycles. The molecule has 0 aliphatic carbocycles. The van der Waals surface area contributed by atoms with Crippen LogP contribution in [0.15, 0.2) is 84.0 Å². The summed E-state index contributed by atoms with van der Waals surface area (Å²) in [6.07, 6.45) is 0. The van der Waals surface area contributed by atoms with E-state index in [-0.39, 0.29) is 11.7 Å². The Labute approximate surface area is 189 Å². The first-order valence-electron chi connectivity index (χ1n) is 9.87. The Morgan fingerprint density at radius 3 is 2.34 bits per heavy atom. The summed E-state index contributed by atoms with van der Waals surface area (Å²) < 4.78 is 20.3. The van der Waals surface area contributed by atoms with Crippen molar-refractivity contribution in [1.29, 1.82) is 0 Å². The molecule has 0 saturated heterocycles. The highest BCUT2D eigenvalue weighted by molar-refractivity contribution is 8.00. The maximum absolute atomic E-state index is 13.2. The topological polar surface area (TPSA) is 69.0 Å². The van der Waals surface area contributed by atoms with Gasteiger partial charge in [-0.3, -0.25) is 4.79 Å². The zero-order valence-electron chi connectivity index (χ0n) is 17.5. The molecule has 162 valence electrons. The molecule has 0 aliphatic rings.